The smallest absolute Gasteiger partial charge is 0.259 e. The SMILES string of the molecule is CCC1CCC2(CC1)CN(C1=NCCC=C1C(=O)Nc1ccc(C=O)cc1)C2. The highest BCUT2D eigenvalue weighted by Gasteiger charge is 2.46. The van der Waals surface area contributed by atoms with Crippen molar-refractivity contribution in [1.29, 1.82) is 0 Å². The van der Waals surface area contributed by atoms with Gasteiger partial charge in [0.2, 0.25) is 0 Å². The van der Waals surface area contributed by atoms with E-state index < -0.39 is 0 Å². The van der Waals surface area contributed by atoms with Crippen LogP contribution in [0.15, 0.2) is 40.9 Å². The molecule has 1 spiro atoms. The molecule has 1 aliphatic carbocycles. The molecule has 2 heterocycles. The van der Waals surface area contributed by atoms with Crippen LogP contribution in [0, 0.1) is 11.3 Å². The lowest BCUT2D eigenvalue weighted by Gasteiger charge is -2.55. The van der Waals surface area contributed by atoms with Crippen LogP contribution in [0.5, 0.6) is 0 Å². The third-order valence-electron chi connectivity index (χ3n) is 6.62. The predicted octanol–water partition coefficient (Wildman–Crippen LogP) is 4.07. The molecule has 28 heavy (non-hydrogen) atoms. The third kappa shape index (κ3) is 3.75. The van der Waals surface area contributed by atoms with E-state index >= 15 is 0 Å². The van der Waals surface area contributed by atoms with Gasteiger partial charge in [0, 0.05) is 36.3 Å². The lowest BCUT2D eigenvalue weighted by molar-refractivity contribution is -0.112. The van der Waals surface area contributed by atoms with Gasteiger partial charge >= 0.3 is 0 Å². The minimum atomic E-state index is -0.118. The number of hydrogen-bond donors (Lipinski definition) is 1. The molecule has 1 saturated carbocycles. The summed E-state index contributed by atoms with van der Waals surface area (Å²) in [5.74, 6) is 1.64. The fraction of sp³-hybridized carbons (Fsp3) is 0.522. The highest BCUT2D eigenvalue weighted by molar-refractivity contribution is 6.25. The van der Waals surface area contributed by atoms with Crippen LogP contribution in [0.1, 0.15) is 55.8 Å². The monoisotopic (exact) mass is 379 g/mol. The van der Waals surface area contributed by atoms with Crippen LogP contribution >= 0.6 is 0 Å². The maximum Gasteiger partial charge on any atom is 0.259 e. The lowest BCUT2D eigenvalue weighted by atomic mass is 9.65. The second kappa shape index (κ2) is 7.90. The Hall–Kier alpha value is -2.43. The van der Waals surface area contributed by atoms with Crippen LogP contribution < -0.4 is 5.32 Å². The fourth-order valence-electron chi connectivity index (χ4n) is 4.79. The average Bonchev–Trinajstić information content (AvgIpc) is 2.72. The molecule has 0 unspecified atom stereocenters. The summed E-state index contributed by atoms with van der Waals surface area (Å²) in [5, 5.41) is 2.95. The Bertz CT molecular complexity index is 794. The molecule has 5 heteroatoms. The Labute approximate surface area is 166 Å². The van der Waals surface area contributed by atoms with E-state index in [2.05, 4.69) is 17.1 Å². The normalized spacial score (nSPS) is 21.5. The molecule has 3 aliphatic rings. The summed E-state index contributed by atoms with van der Waals surface area (Å²) in [6, 6.07) is 6.93. The number of hydrogen-bond acceptors (Lipinski definition) is 4. The number of likely N-dealkylation sites (tertiary alicyclic amines) is 1. The summed E-state index contributed by atoms with van der Waals surface area (Å²) in [5.41, 5.74) is 2.42. The van der Waals surface area contributed by atoms with E-state index in [0.29, 0.717) is 22.2 Å². The number of aldehydes is 1. The maximum atomic E-state index is 12.9. The van der Waals surface area contributed by atoms with E-state index in [4.69, 9.17) is 4.99 Å². The van der Waals surface area contributed by atoms with Gasteiger partial charge in [-0.3, -0.25) is 14.6 Å². The van der Waals surface area contributed by atoms with Crippen molar-refractivity contribution in [3.8, 4) is 0 Å². The summed E-state index contributed by atoms with van der Waals surface area (Å²) >= 11 is 0. The van der Waals surface area contributed by atoms with Crippen LogP contribution in [0.4, 0.5) is 5.69 Å². The van der Waals surface area contributed by atoms with E-state index in [1.165, 1.54) is 32.1 Å². The Morgan fingerprint density at radius 1 is 1.25 bits per heavy atom. The number of amidine groups is 1. The van der Waals surface area contributed by atoms with E-state index in [-0.39, 0.29) is 5.91 Å². The predicted molar refractivity (Wildman–Crippen MR) is 112 cm³/mol. The van der Waals surface area contributed by atoms with Crippen molar-refractivity contribution in [3.05, 3.63) is 41.5 Å². The molecule has 0 bridgehead atoms. The first-order valence-corrected chi connectivity index (χ1v) is 10.5. The van der Waals surface area contributed by atoms with Gasteiger partial charge in [-0.15, -0.1) is 0 Å². The molecular formula is C23H29N3O2. The van der Waals surface area contributed by atoms with Crippen LogP contribution in [-0.2, 0) is 4.79 Å². The topological polar surface area (TPSA) is 61.8 Å². The number of amides is 1. The summed E-state index contributed by atoms with van der Waals surface area (Å²) in [6.45, 7) is 5.11. The molecular weight excluding hydrogens is 350 g/mol. The summed E-state index contributed by atoms with van der Waals surface area (Å²) in [4.78, 5) is 30.7. The van der Waals surface area contributed by atoms with Gasteiger partial charge in [0.05, 0.1) is 5.57 Å². The lowest BCUT2D eigenvalue weighted by Crippen LogP contribution is -2.60. The molecule has 0 radical (unpaired) electrons. The zero-order valence-corrected chi connectivity index (χ0v) is 16.6. The molecule has 4 rings (SSSR count). The average molecular weight is 380 g/mol. The van der Waals surface area contributed by atoms with Crippen molar-refractivity contribution in [2.45, 2.75) is 45.4 Å². The molecule has 1 amide bonds. The van der Waals surface area contributed by atoms with Crippen molar-refractivity contribution < 1.29 is 9.59 Å². The minimum Gasteiger partial charge on any atom is -0.355 e. The largest absolute Gasteiger partial charge is 0.355 e. The second-order valence-corrected chi connectivity index (χ2v) is 8.51. The number of carbonyl (C=O) groups is 2. The van der Waals surface area contributed by atoms with Gasteiger partial charge in [0.15, 0.2) is 0 Å². The maximum absolute atomic E-state index is 12.9. The molecule has 0 aromatic heterocycles. The molecule has 0 atom stereocenters. The highest BCUT2D eigenvalue weighted by Crippen LogP contribution is 2.46. The van der Waals surface area contributed by atoms with Crippen molar-refractivity contribution in [1.82, 2.24) is 4.90 Å². The van der Waals surface area contributed by atoms with Gasteiger partial charge in [-0.1, -0.05) is 19.4 Å². The third-order valence-corrected chi connectivity index (χ3v) is 6.62. The fourth-order valence-corrected chi connectivity index (χ4v) is 4.79. The number of nitrogens with zero attached hydrogens (tertiary/aromatic N) is 2. The molecule has 1 aromatic rings. The Kier molecular flexibility index (Phi) is 5.33. The van der Waals surface area contributed by atoms with E-state index in [0.717, 1.165) is 44.1 Å². The molecule has 2 fully saturated rings. The van der Waals surface area contributed by atoms with Gasteiger partial charge in [0.1, 0.15) is 12.1 Å². The van der Waals surface area contributed by atoms with Crippen molar-refractivity contribution in [2.24, 2.45) is 16.3 Å². The standard InChI is InChI=1S/C23H29N3O2/c1-2-17-9-11-23(12-10-17)15-26(16-23)21-20(4-3-13-24-21)22(28)25-19-7-5-18(14-27)6-8-19/h4-8,14,17H,2-3,9-13,15-16H2,1H3,(H,25,28). The number of rotatable bonds is 4. The molecule has 1 saturated heterocycles. The quantitative estimate of drug-likeness (QED) is 0.802. The van der Waals surface area contributed by atoms with E-state index in [1.54, 1.807) is 24.3 Å². The Balaban J connectivity index is 1.39. The van der Waals surface area contributed by atoms with Gasteiger partial charge in [-0.2, -0.15) is 0 Å². The van der Waals surface area contributed by atoms with Crippen LogP contribution in [-0.4, -0.2) is 42.6 Å². The number of carbonyl (C=O) groups excluding carboxylic acids is 2. The van der Waals surface area contributed by atoms with E-state index in [9.17, 15) is 9.59 Å². The summed E-state index contributed by atoms with van der Waals surface area (Å²) < 4.78 is 0. The number of anilines is 1. The summed E-state index contributed by atoms with van der Waals surface area (Å²) in [7, 11) is 0. The summed E-state index contributed by atoms with van der Waals surface area (Å²) in [6.07, 6.45) is 10.2. The zero-order chi connectivity index (χ0) is 19.6. The second-order valence-electron chi connectivity index (χ2n) is 8.51. The Morgan fingerprint density at radius 3 is 2.61 bits per heavy atom. The van der Waals surface area contributed by atoms with Crippen molar-refractivity contribution in [2.75, 3.05) is 25.0 Å². The van der Waals surface area contributed by atoms with Gasteiger partial charge in [-0.25, -0.2) is 0 Å². The van der Waals surface area contributed by atoms with Gasteiger partial charge in [-0.05, 0) is 62.3 Å². The first-order valence-electron chi connectivity index (χ1n) is 10.5. The molecule has 148 valence electrons. The number of nitrogens with one attached hydrogen (secondary N) is 1. The number of aliphatic imine (C=N–C) groups is 1. The van der Waals surface area contributed by atoms with Gasteiger partial charge in [0.25, 0.3) is 5.91 Å². The van der Waals surface area contributed by atoms with Crippen molar-refractivity contribution in [3.63, 3.8) is 0 Å². The molecule has 2 aliphatic heterocycles. The van der Waals surface area contributed by atoms with E-state index in [1.807, 2.05) is 6.08 Å². The first-order chi connectivity index (χ1) is 13.6. The highest BCUT2D eigenvalue weighted by atomic mass is 16.1. The van der Waals surface area contributed by atoms with Crippen LogP contribution in [0.25, 0.3) is 0 Å². The van der Waals surface area contributed by atoms with Crippen LogP contribution in [0.2, 0.25) is 0 Å². The molecule has 1 aromatic carbocycles. The van der Waals surface area contributed by atoms with Crippen molar-refractivity contribution >= 4 is 23.7 Å². The number of dihydropyridines is 1. The number of benzene rings is 1. The molecule has 1 N–H and O–H groups in total. The van der Waals surface area contributed by atoms with Crippen LogP contribution in [0.3, 0.4) is 0 Å². The van der Waals surface area contributed by atoms with Gasteiger partial charge < -0.3 is 10.2 Å². The Morgan fingerprint density at radius 2 is 1.96 bits per heavy atom. The first kappa shape index (κ1) is 18.9. The zero-order valence-electron chi connectivity index (χ0n) is 16.6. The molecule has 5 nitrogen and oxygen atoms in total. The minimum absolute atomic E-state index is 0.118.